The normalized spacial score (nSPS) is 13.5. The SMILES string of the molecule is CCOC(=O)CNC(=O)c1cc(C2CC2)nc2onc(-c3ccccc3)c12. The van der Waals surface area contributed by atoms with Crippen LogP contribution in [0.15, 0.2) is 40.9 Å². The number of ether oxygens (including phenoxy) is 1. The summed E-state index contributed by atoms with van der Waals surface area (Å²) in [7, 11) is 0. The summed E-state index contributed by atoms with van der Waals surface area (Å²) in [5.74, 6) is -0.513. The smallest absolute Gasteiger partial charge is 0.325 e. The van der Waals surface area contributed by atoms with Gasteiger partial charge in [-0.3, -0.25) is 9.59 Å². The van der Waals surface area contributed by atoms with Crippen LogP contribution in [0.5, 0.6) is 0 Å². The number of esters is 1. The molecule has 2 heterocycles. The topological polar surface area (TPSA) is 94.3 Å². The van der Waals surface area contributed by atoms with Crippen LogP contribution in [0.3, 0.4) is 0 Å². The van der Waals surface area contributed by atoms with Crippen molar-refractivity contribution in [3.8, 4) is 11.3 Å². The monoisotopic (exact) mass is 365 g/mol. The molecule has 0 saturated heterocycles. The van der Waals surface area contributed by atoms with Gasteiger partial charge in [-0.15, -0.1) is 0 Å². The number of pyridine rings is 1. The van der Waals surface area contributed by atoms with Crippen LogP contribution in [0.1, 0.15) is 41.7 Å². The molecule has 7 heteroatoms. The molecule has 1 aromatic carbocycles. The molecule has 7 nitrogen and oxygen atoms in total. The lowest BCUT2D eigenvalue weighted by Gasteiger charge is -2.08. The highest BCUT2D eigenvalue weighted by Crippen LogP contribution is 2.41. The standard InChI is InChI=1S/C20H19N3O4/c1-2-26-16(24)11-21-19(25)14-10-15(12-8-9-12)22-20-17(14)18(23-27-20)13-6-4-3-5-7-13/h3-7,10,12H,2,8-9,11H2,1H3,(H,21,25). The predicted molar refractivity (Wildman–Crippen MR) is 98.2 cm³/mol. The van der Waals surface area contributed by atoms with E-state index in [1.165, 1.54) is 0 Å². The van der Waals surface area contributed by atoms with Crippen LogP contribution in [-0.4, -0.2) is 35.2 Å². The molecule has 0 radical (unpaired) electrons. The number of nitrogens with zero attached hydrogens (tertiary/aromatic N) is 2. The largest absolute Gasteiger partial charge is 0.465 e. The molecule has 0 spiro atoms. The molecule has 1 saturated carbocycles. The second-order valence-corrected chi connectivity index (χ2v) is 6.43. The zero-order chi connectivity index (χ0) is 18.8. The molecule has 138 valence electrons. The lowest BCUT2D eigenvalue weighted by atomic mass is 10.0. The molecule has 0 aliphatic heterocycles. The van der Waals surface area contributed by atoms with Crippen molar-refractivity contribution in [1.29, 1.82) is 0 Å². The number of carbonyl (C=O) groups excluding carboxylic acids is 2. The van der Waals surface area contributed by atoms with Crippen molar-refractivity contribution >= 4 is 23.0 Å². The number of carbonyl (C=O) groups is 2. The molecular formula is C20H19N3O4. The first-order valence-corrected chi connectivity index (χ1v) is 8.97. The van der Waals surface area contributed by atoms with Gasteiger partial charge >= 0.3 is 5.97 Å². The summed E-state index contributed by atoms with van der Waals surface area (Å²) in [4.78, 5) is 29.0. The second kappa shape index (κ2) is 7.19. The average Bonchev–Trinajstić information content (AvgIpc) is 3.45. The van der Waals surface area contributed by atoms with Crippen LogP contribution in [0.25, 0.3) is 22.4 Å². The van der Waals surface area contributed by atoms with E-state index < -0.39 is 5.97 Å². The number of nitrogens with one attached hydrogen (secondary N) is 1. The van der Waals surface area contributed by atoms with Crippen molar-refractivity contribution in [2.45, 2.75) is 25.7 Å². The molecule has 3 aromatic rings. The van der Waals surface area contributed by atoms with E-state index in [9.17, 15) is 9.59 Å². The molecule has 27 heavy (non-hydrogen) atoms. The highest BCUT2D eigenvalue weighted by Gasteiger charge is 2.29. The van der Waals surface area contributed by atoms with E-state index >= 15 is 0 Å². The van der Waals surface area contributed by atoms with E-state index in [-0.39, 0.29) is 19.1 Å². The summed E-state index contributed by atoms with van der Waals surface area (Å²) in [6.45, 7) is 1.79. The minimum atomic E-state index is -0.479. The molecule has 1 aliphatic rings. The van der Waals surface area contributed by atoms with Crippen LogP contribution in [0.2, 0.25) is 0 Å². The van der Waals surface area contributed by atoms with Gasteiger partial charge < -0.3 is 14.6 Å². The summed E-state index contributed by atoms with van der Waals surface area (Å²) in [5.41, 5.74) is 2.95. The Kier molecular flexibility index (Phi) is 4.58. The Hall–Kier alpha value is -3.22. The third kappa shape index (κ3) is 3.53. The van der Waals surface area contributed by atoms with E-state index in [2.05, 4.69) is 15.5 Å². The number of fused-ring (bicyclic) bond motifs is 1. The lowest BCUT2D eigenvalue weighted by molar-refractivity contribution is -0.141. The number of benzene rings is 1. The van der Waals surface area contributed by atoms with Crippen LogP contribution in [0.4, 0.5) is 0 Å². The first-order chi connectivity index (χ1) is 13.2. The predicted octanol–water partition coefficient (Wildman–Crippen LogP) is 3.06. The minimum absolute atomic E-state index is 0.193. The average molecular weight is 365 g/mol. The van der Waals surface area contributed by atoms with Gasteiger partial charge in [0.1, 0.15) is 12.2 Å². The molecule has 0 bridgehead atoms. The number of hydrogen-bond acceptors (Lipinski definition) is 6. The Balaban J connectivity index is 1.75. The number of rotatable bonds is 6. The van der Waals surface area contributed by atoms with E-state index in [1.54, 1.807) is 13.0 Å². The van der Waals surface area contributed by atoms with Gasteiger partial charge in [-0.05, 0) is 25.8 Å². The Bertz CT molecular complexity index is 993. The van der Waals surface area contributed by atoms with Crippen LogP contribution >= 0.6 is 0 Å². The molecule has 2 aromatic heterocycles. The van der Waals surface area contributed by atoms with E-state index in [0.717, 1.165) is 24.1 Å². The Morgan fingerprint density at radius 1 is 1.26 bits per heavy atom. The molecule has 1 aliphatic carbocycles. The summed E-state index contributed by atoms with van der Waals surface area (Å²) >= 11 is 0. The van der Waals surface area contributed by atoms with Gasteiger partial charge in [-0.1, -0.05) is 35.5 Å². The number of aromatic nitrogens is 2. The molecule has 0 unspecified atom stereocenters. The third-order valence-corrected chi connectivity index (χ3v) is 4.45. The zero-order valence-electron chi connectivity index (χ0n) is 14.9. The van der Waals surface area contributed by atoms with Crippen molar-refractivity contribution in [3.63, 3.8) is 0 Å². The molecule has 0 atom stereocenters. The number of hydrogen-bond donors (Lipinski definition) is 1. The fourth-order valence-corrected chi connectivity index (χ4v) is 2.99. The van der Waals surface area contributed by atoms with Gasteiger partial charge in [0.25, 0.3) is 11.6 Å². The van der Waals surface area contributed by atoms with Gasteiger partial charge in [0.05, 0.1) is 17.6 Å². The van der Waals surface area contributed by atoms with Gasteiger partial charge in [-0.2, -0.15) is 0 Å². The Morgan fingerprint density at radius 2 is 2.04 bits per heavy atom. The maximum atomic E-state index is 12.8. The van der Waals surface area contributed by atoms with Crippen LogP contribution < -0.4 is 5.32 Å². The molecule has 1 fully saturated rings. The van der Waals surface area contributed by atoms with Crippen LogP contribution in [0, 0.1) is 0 Å². The highest BCUT2D eigenvalue weighted by atomic mass is 16.5. The summed E-state index contributed by atoms with van der Waals surface area (Å²) in [5, 5.41) is 7.31. The second-order valence-electron chi connectivity index (χ2n) is 6.43. The Morgan fingerprint density at radius 3 is 2.74 bits per heavy atom. The van der Waals surface area contributed by atoms with Gasteiger partial charge in [-0.25, -0.2) is 4.98 Å². The first-order valence-electron chi connectivity index (χ1n) is 8.97. The lowest BCUT2D eigenvalue weighted by Crippen LogP contribution is -2.30. The third-order valence-electron chi connectivity index (χ3n) is 4.45. The fraction of sp³-hybridized carbons (Fsp3) is 0.300. The number of amides is 1. The molecular weight excluding hydrogens is 346 g/mol. The van der Waals surface area contributed by atoms with Gasteiger partial charge in [0.15, 0.2) is 0 Å². The minimum Gasteiger partial charge on any atom is -0.465 e. The summed E-state index contributed by atoms with van der Waals surface area (Å²) in [6.07, 6.45) is 2.09. The first kappa shape index (κ1) is 17.2. The summed E-state index contributed by atoms with van der Waals surface area (Å²) in [6, 6.07) is 11.3. The van der Waals surface area contributed by atoms with Crippen molar-refractivity contribution in [3.05, 3.63) is 47.7 Å². The molecule has 4 rings (SSSR count). The van der Waals surface area contributed by atoms with Crippen molar-refractivity contribution in [2.75, 3.05) is 13.2 Å². The van der Waals surface area contributed by atoms with E-state index in [0.29, 0.717) is 28.3 Å². The fourth-order valence-electron chi connectivity index (χ4n) is 2.99. The molecule has 1 N–H and O–H groups in total. The van der Waals surface area contributed by atoms with Crippen molar-refractivity contribution < 1.29 is 18.8 Å². The van der Waals surface area contributed by atoms with E-state index in [1.807, 2.05) is 30.3 Å². The van der Waals surface area contributed by atoms with Crippen molar-refractivity contribution in [2.24, 2.45) is 0 Å². The maximum Gasteiger partial charge on any atom is 0.325 e. The quantitative estimate of drug-likeness (QED) is 0.675. The van der Waals surface area contributed by atoms with Crippen LogP contribution in [-0.2, 0) is 9.53 Å². The van der Waals surface area contributed by atoms with Gasteiger partial charge in [0, 0.05) is 17.2 Å². The van der Waals surface area contributed by atoms with Crippen molar-refractivity contribution in [1.82, 2.24) is 15.5 Å². The highest BCUT2D eigenvalue weighted by molar-refractivity contribution is 6.10. The zero-order valence-corrected chi connectivity index (χ0v) is 14.9. The molecule has 1 amide bonds. The van der Waals surface area contributed by atoms with Gasteiger partial charge in [0.2, 0.25) is 0 Å². The van der Waals surface area contributed by atoms with E-state index in [4.69, 9.17) is 9.26 Å². The Labute approximate surface area is 155 Å². The maximum absolute atomic E-state index is 12.8. The summed E-state index contributed by atoms with van der Waals surface area (Å²) < 4.78 is 10.3.